The number of nitrogens with zero attached hydrogens (tertiary/aromatic N) is 3. The standard InChI is InChI=1S/C24H33ClN4O2/c1-24(2,3)31-23(30)29-13-11-28(12-14-29)21-15-17-9-10-18(25)16-20(17)27-22(21)26-19-7-5-4-6-8-19/h9-10,15-16,19H,4-8,11-14H2,1-3H3,(H,26,27). The summed E-state index contributed by atoms with van der Waals surface area (Å²) in [6.07, 6.45) is 5.97. The average Bonchev–Trinajstić information content (AvgIpc) is 2.73. The van der Waals surface area contributed by atoms with E-state index in [1.165, 1.54) is 32.1 Å². The van der Waals surface area contributed by atoms with Crippen molar-refractivity contribution in [3.63, 3.8) is 0 Å². The van der Waals surface area contributed by atoms with Gasteiger partial charge in [0, 0.05) is 42.6 Å². The number of piperazine rings is 1. The van der Waals surface area contributed by atoms with E-state index >= 15 is 0 Å². The maximum atomic E-state index is 12.4. The lowest BCUT2D eigenvalue weighted by molar-refractivity contribution is 0.0240. The molecule has 7 heteroatoms. The van der Waals surface area contributed by atoms with Crippen molar-refractivity contribution < 1.29 is 9.53 Å². The molecule has 2 heterocycles. The van der Waals surface area contributed by atoms with E-state index in [0.29, 0.717) is 24.2 Å². The number of ether oxygens (including phenoxy) is 1. The fourth-order valence-corrected chi connectivity index (χ4v) is 4.54. The van der Waals surface area contributed by atoms with E-state index in [1.54, 1.807) is 4.90 Å². The number of carbonyl (C=O) groups excluding carboxylic acids is 1. The predicted octanol–water partition coefficient (Wildman–Crippen LogP) is 5.69. The number of hydrogen-bond donors (Lipinski definition) is 1. The van der Waals surface area contributed by atoms with Crippen LogP contribution in [0.3, 0.4) is 0 Å². The summed E-state index contributed by atoms with van der Waals surface area (Å²) >= 11 is 6.22. The molecule has 31 heavy (non-hydrogen) atoms. The third-order valence-corrected chi connectivity index (χ3v) is 6.21. The summed E-state index contributed by atoms with van der Waals surface area (Å²) in [6.45, 7) is 8.47. The Morgan fingerprint density at radius 1 is 1.10 bits per heavy atom. The van der Waals surface area contributed by atoms with Gasteiger partial charge in [-0.05, 0) is 51.8 Å². The van der Waals surface area contributed by atoms with Crippen molar-refractivity contribution in [3.05, 3.63) is 29.3 Å². The number of rotatable bonds is 3. The Morgan fingerprint density at radius 2 is 1.81 bits per heavy atom. The topological polar surface area (TPSA) is 57.7 Å². The number of amides is 1. The Labute approximate surface area is 189 Å². The van der Waals surface area contributed by atoms with Gasteiger partial charge < -0.3 is 19.9 Å². The van der Waals surface area contributed by atoms with Gasteiger partial charge in [-0.2, -0.15) is 0 Å². The van der Waals surface area contributed by atoms with Gasteiger partial charge in [-0.3, -0.25) is 0 Å². The molecule has 2 aromatic rings. The van der Waals surface area contributed by atoms with Crippen molar-refractivity contribution >= 4 is 40.1 Å². The van der Waals surface area contributed by atoms with Crippen molar-refractivity contribution in [1.82, 2.24) is 9.88 Å². The van der Waals surface area contributed by atoms with Crippen molar-refractivity contribution in [3.8, 4) is 0 Å². The molecule has 4 rings (SSSR count). The molecule has 0 spiro atoms. The molecule has 1 aliphatic carbocycles. The van der Waals surface area contributed by atoms with Crippen LogP contribution in [0.15, 0.2) is 24.3 Å². The number of benzene rings is 1. The van der Waals surface area contributed by atoms with Gasteiger partial charge in [0.15, 0.2) is 5.82 Å². The van der Waals surface area contributed by atoms with Crippen molar-refractivity contribution in [2.75, 3.05) is 36.4 Å². The van der Waals surface area contributed by atoms with Crippen LogP contribution in [0.4, 0.5) is 16.3 Å². The summed E-state index contributed by atoms with van der Waals surface area (Å²) in [4.78, 5) is 21.5. The van der Waals surface area contributed by atoms with E-state index in [9.17, 15) is 4.79 Å². The quantitative estimate of drug-likeness (QED) is 0.658. The minimum Gasteiger partial charge on any atom is -0.444 e. The number of anilines is 2. The highest BCUT2D eigenvalue weighted by molar-refractivity contribution is 6.31. The molecular weight excluding hydrogens is 412 g/mol. The van der Waals surface area contributed by atoms with Gasteiger partial charge in [0.25, 0.3) is 0 Å². The Morgan fingerprint density at radius 3 is 2.48 bits per heavy atom. The molecule has 0 atom stereocenters. The number of pyridine rings is 1. The van der Waals surface area contributed by atoms with Crippen LogP contribution >= 0.6 is 11.6 Å². The van der Waals surface area contributed by atoms with Crippen LogP contribution in [0.25, 0.3) is 10.9 Å². The molecule has 1 aromatic heterocycles. The zero-order chi connectivity index (χ0) is 22.0. The Balaban J connectivity index is 1.55. The second-order valence-electron chi connectivity index (χ2n) is 9.63. The highest BCUT2D eigenvalue weighted by Gasteiger charge is 2.27. The summed E-state index contributed by atoms with van der Waals surface area (Å²) in [5, 5.41) is 5.49. The summed E-state index contributed by atoms with van der Waals surface area (Å²) in [7, 11) is 0. The normalized spacial score (nSPS) is 18.3. The van der Waals surface area contributed by atoms with Gasteiger partial charge in [0.1, 0.15) is 5.60 Å². The first kappa shape index (κ1) is 22.0. The summed E-state index contributed by atoms with van der Waals surface area (Å²) < 4.78 is 5.54. The number of carbonyl (C=O) groups is 1. The first-order chi connectivity index (χ1) is 14.8. The second-order valence-corrected chi connectivity index (χ2v) is 10.1. The average molecular weight is 445 g/mol. The monoisotopic (exact) mass is 444 g/mol. The molecular formula is C24H33ClN4O2. The van der Waals surface area contributed by atoms with Gasteiger partial charge in [0.05, 0.1) is 11.2 Å². The van der Waals surface area contributed by atoms with Crippen LogP contribution in [0.1, 0.15) is 52.9 Å². The van der Waals surface area contributed by atoms with Gasteiger partial charge >= 0.3 is 6.09 Å². The van der Waals surface area contributed by atoms with E-state index < -0.39 is 5.60 Å². The number of hydrogen-bond acceptors (Lipinski definition) is 5. The van der Waals surface area contributed by atoms with Crippen LogP contribution in [-0.2, 0) is 4.74 Å². The Kier molecular flexibility index (Phi) is 6.47. The van der Waals surface area contributed by atoms with Crippen LogP contribution in [-0.4, -0.2) is 53.8 Å². The lowest BCUT2D eigenvalue weighted by Gasteiger charge is -2.37. The van der Waals surface area contributed by atoms with Crippen molar-refractivity contribution in [2.24, 2.45) is 0 Å². The third-order valence-electron chi connectivity index (χ3n) is 5.98. The van der Waals surface area contributed by atoms with E-state index in [4.69, 9.17) is 21.3 Å². The fourth-order valence-electron chi connectivity index (χ4n) is 4.37. The van der Waals surface area contributed by atoms with Gasteiger partial charge in [-0.15, -0.1) is 0 Å². The third kappa shape index (κ3) is 5.53. The predicted molar refractivity (Wildman–Crippen MR) is 127 cm³/mol. The molecule has 1 saturated carbocycles. The minimum atomic E-state index is -0.477. The van der Waals surface area contributed by atoms with Gasteiger partial charge in [-0.1, -0.05) is 36.9 Å². The van der Waals surface area contributed by atoms with Crippen LogP contribution in [0.2, 0.25) is 5.02 Å². The van der Waals surface area contributed by atoms with Gasteiger partial charge in [-0.25, -0.2) is 9.78 Å². The molecule has 1 N–H and O–H groups in total. The van der Waals surface area contributed by atoms with Crippen molar-refractivity contribution in [1.29, 1.82) is 0 Å². The lowest BCUT2D eigenvalue weighted by Crippen LogP contribution is -2.50. The van der Waals surface area contributed by atoms with Crippen LogP contribution < -0.4 is 10.2 Å². The van der Waals surface area contributed by atoms with Crippen LogP contribution in [0, 0.1) is 0 Å². The summed E-state index contributed by atoms with van der Waals surface area (Å²) in [5.74, 6) is 0.924. The van der Waals surface area contributed by atoms with E-state index in [0.717, 1.165) is 35.5 Å². The number of nitrogens with one attached hydrogen (secondary N) is 1. The molecule has 1 aromatic carbocycles. The highest BCUT2D eigenvalue weighted by atomic mass is 35.5. The second kappa shape index (κ2) is 9.11. The van der Waals surface area contributed by atoms with Gasteiger partial charge in [0.2, 0.25) is 0 Å². The molecule has 0 bridgehead atoms. The molecule has 1 aliphatic heterocycles. The van der Waals surface area contributed by atoms with E-state index in [1.807, 2.05) is 39.0 Å². The Bertz CT molecular complexity index is 929. The maximum absolute atomic E-state index is 12.4. The minimum absolute atomic E-state index is 0.237. The Hall–Kier alpha value is -2.21. The van der Waals surface area contributed by atoms with E-state index in [2.05, 4.69) is 16.3 Å². The SMILES string of the molecule is CC(C)(C)OC(=O)N1CCN(c2cc3ccc(Cl)cc3nc2NC2CCCCC2)CC1. The van der Waals surface area contributed by atoms with Crippen LogP contribution in [0.5, 0.6) is 0 Å². The largest absolute Gasteiger partial charge is 0.444 e. The zero-order valence-electron chi connectivity index (χ0n) is 18.8. The molecule has 6 nitrogen and oxygen atoms in total. The molecule has 0 radical (unpaired) electrons. The molecule has 168 valence electrons. The van der Waals surface area contributed by atoms with E-state index in [-0.39, 0.29) is 6.09 Å². The summed E-state index contributed by atoms with van der Waals surface area (Å²) in [6, 6.07) is 8.51. The summed E-state index contributed by atoms with van der Waals surface area (Å²) in [5.41, 5.74) is 1.53. The molecule has 1 saturated heterocycles. The smallest absolute Gasteiger partial charge is 0.410 e. The number of aromatic nitrogens is 1. The molecule has 1 amide bonds. The molecule has 2 aliphatic rings. The number of halogens is 1. The van der Waals surface area contributed by atoms with Crippen molar-refractivity contribution in [2.45, 2.75) is 64.5 Å². The highest BCUT2D eigenvalue weighted by Crippen LogP contribution is 2.33. The fraction of sp³-hybridized carbons (Fsp3) is 0.583. The zero-order valence-corrected chi connectivity index (χ0v) is 19.5. The maximum Gasteiger partial charge on any atom is 0.410 e. The first-order valence-electron chi connectivity index (χ1n) is 11.4. The first-order valence-corrected chi connectivity index (χ1v) is 11.8. The molecule has 0 unspecified atom stereocenters. The lowest BCUT2D eigenvalue weighted by atomic mass is 9.95. The molecule has 2 fully saturated rings. The number of fused-ring (bicyclic) bond motifs is 1.